The van der Waals surface area contributed by atoms with Crippen LogP contribution in [-0.4, -0.2) is 35.9 Å². The maximum Gasteiger partial charge on any atom is 0.240 e. The van der Waals surface area contributed by atoms with E-state index in [0.29, 0.717) is 32.4 Å². The van der Waals surface area contributed by atoms with Crippen molar-refractivity contribution in [1.29, 1.82) is 0 Å². The molecule has 2 rings (SSSR count). The van der Waals surface area contributed by atoms with Crippen LogP contribution in [0.3, 0.4) is 0 Å². The van der Waals surface area contributed by atoms with Gasteiger partial charge in [0.25, 0.3) is 0 Å². The van der Waals surface area contributed by atoms with Crippen molar-refractivity contribution in [2.24, 2.45) is 5.73 Å². The second-order valence-corrected chi connectivity index (χ2v) is 7.73. The molecule has 1 heterocycles. The van der Waals surface area contributed by atoms with Gasteiger partial charge in [-0.1, -0.05) is 32.9 Å². The van der Waals surface area contributed by atoms with Crippen molar-refractivity contribution in [2.75, 3.05) is 13.2 Å². The zero-order valence-corrected chi connectivity index (χ0v) is 15.6. The molecule has 25 heavy (non-hydrogen) atoms. The van der Waals surface area contributed by atoms with Crippen LogP contribution in [0.15, 0.2) is 24.3 Å². The first-order valence-corrected chi connectivity index (χ1v) is 9.11. The SMILES string of the molecule is CC(C)(C)c1ccc(OCCCC(=O)N2CCCCC2C(N)=O)cc1. The number of hydrogen-bond acceptors (Lipinski definition) is 3. The quantitative estimate of drug-likeness (QED) is 0.805. The lowest BCUT2D eigenvalue weighted by Crippen LogP contribution is -2.50. The fourth-order valence-electron chi connectivity index (χ4n) is 3.13. The van der Waals surface area contributed by atoms with Gasteiger partial charge in [-0.3, -0.25) is 9.59 Å². The van der Waals surface area contributed by atoms with Gasteiger partial charge >= 0.3 is 0 Å². The molecule has 1 aliphatic rings. The lowest BCUT2D eigenvalue weighted by molar-refractivity contribution is -0.141. The van der Waals surface area contributed by atoms with E-state index in [1.54, 1.807) is 4.90 Å². The Kier molecular flexibility index (Phi) is 6.45. The fourth-order valence-corrected chi connectivity index (χ4v) is 3.13. The molecule has 138 valence electrons. The highest BCUT2D eigenvalue weighted by Gasteiger charge is 2.30. The van der Waals surface area contributed by atoms with Crippen LogP contribution < -0.4 is 10.5 Å². The summed E-state index contributed by atoms with van der Waals surface area (Å²) in [4.78, 5) is 25.5. The molecule has 0 aliphatic carbocycles. The lowest BCUT2D eigenvalue weighted by atomic mass is 9.87. The Bertz CT molecular complexity index is 590. The van der Waals surface area contributed by atoms with Gasteiger partial charge in [-0.05, 0) is 48.8 Å². The number of piperidine rings is 1. The summed E-state index contributed by atoms with van der Waals surface area (Å²) in [5.41, 5.74) is 6.79. The van der Waals surface area contributed by atoms with Gasteiger partial charge in [-0.25, -0.2) is 0 Å². The fraction of sp³-hybridized carbons (Fsp3) is 0.600. The number of benzene rings is 1. The van der Waals surface area contributed by atoms with Gasteiger partial charge in [0.15, 0.2) is 0 Å². The van der Waals surface area contributed by atoms with Gasteiger partial charge in [0, 0.05) is 13.0 Å². The summed E-state index contributed by atoms with van der Waals surface area (Å²) in [6.45, 7) is 7.63. The highest BCUT2D eigenvalue weighted by Crippen LogP contribution is 2.24. The van der Waals surface area contributed by atoms with Gasteiger partial charge in [0.05, 0.1) is 6.61 Å². The van der Waals surface area contributed by atoms with Gasteiger partial charge in [-0.15, -0.1) is 0 Å². The molecule has 0 aromatic heterocycles. The number of rotatable bonds is 6. The third-order valence-electron chi connectivity index (χ3n) is 4.68. The number of amides is 2. The molecule has 0 radical (unpaired) electrons. The van der Waals surface area contributed by atoms with Crippen LogP contribution in [0.4, 0.5) is 0 Å². The Labute approximate surface area is 150 Å². The van der Waals surface area contributed by atoms with Gasteiger partial charge in [0.2, 0.25) is 11.8 Å². The van der Waals surface area contributed by atoms with E-state index in [9.17, 15) is 9.59 Å². The monoisotopic (exact) mass is 346 g/mol. The topological polar surface area (TPSA) is 72.6 Å². The van der Waals surface area contributed by atoms with E-state index >= 15 is 0 Å². The van der Waals surface area contributed by atoms with Crippen LogP contribution in [-0.2, 0) is 15.0 Å². The minimum absolute atomic E-state index is 0.00446. The van der Waals surface area contributed by atoms with Crippen molar-refractivity contribution in [3.63, 3.8) is 0 Å². The minimum Gasteiger partial charge on any atom is -0.494 e. The number of carbonyl (C=O) groups excluding carboxylic acids is 2. The molecule has 2 amide bonds. The molecule has 1 fully saturated rings. The Hall–Kier alpha value is -2.04. The number of ether oxygens (including phenoxy) is 1. The number of carbonyl (C=O) groups is 2. The van der Waals surface area contributed by atoms with Crippen LogP contribution >= 0.6 is 0 Å². The van der Waals surface area contributed by atoms with Gasteiger partial charge < -0.3 is 15.4 Å². The maximum atomic E-state index is 12.3. The number of primary amides is 1. The van der Waals surface area contributed by atoms with E-state index in [1.807, 2.05) is 12.1 Å². The number of nitrogens with two attached hydrogens (primary N) is 1. The van der Waals surface area contributed by atoms with Crippen molar-refractivity contribution in [3.05, 3.63) is 29.8 Å². The van der Waals surface area contributed by atoms with Crippen LogP contribution in [0.5, 0.6) is 5.75 Å². The Morgan fingerprint density at radius 3 is 2.48 bits per heavy atom. The highest BCUT2D eigenvalue weighted by atomic mass is 16.5. The van der Waals surface area contributed by atoms with E-state index in [-0.39, 0.29) is 11.3 Å². The molecule has 0 bridgehead atoms. The molecule has 1 saturated heterocycles. The Morgan fingerprint density at radius 2 is 1.88 bits per heavy atom. The number of hydrogen-bond donors (Lipinski definition) is 1. The molecular weight excluding hydrogens is 316 g/mol. The van der Waals surface area contributed by atoms with E-state index in [4.69, 9.17) is 10.5 Å². The van der Waals surface area contributed by atoms with E-state index in [1.165, 1.54) is 5.56 Å². The third kappa shape index (κ3) is 5.48. The summed E-state index contributed by atoms with van der Waals surface area (Å²) in [5.74, 6) is 0.409. The summed E-state index contributed by atoms with van der Waals surface area (Å²) in [6, 6.07) is 7.65. The largest absolute Gasteiger partial charge is 0.494 e. The van der Waals surface area contributed by atoms with Crippen molar-refractivity contribution >= 4 is 11.8 Å². The standard InChI is InChI=1S/C20H30N2O3/c1-20(2,3)15-9-11-16(12-10-15)25-14-6-8-18(23)22-13-5-4-7-17(22)19(21)24/h9-12,17H,4-8,13-14H2,1-3H3,(H2,21,24). The van der Waals surface area contributed by atoms with Crippen LogP contribution in [0.25, 0.3) is 0 Å². The molecule has 2 N–H and O–H groups in total. The molecule has 1 aromatic carbocycles. The van der Waals surface area contributed by atoms with E-state index < -0.39 is 11.9 Å². The maximum absolute atomic E-state index is 12.3. The average molecular weight is 346 g/mol. The van der Waals surface area contributed by atoms with Crippen molar-refractivity contribution in [1.82, 2.24) is 4.90 Å². The predicted octanol–water partition coefficient (Wildman–Crippen LogP) is 3.01. The normalized spacial score (nSPS) is 18.0. The summed E-state index contributed by atoms with van der Waals surface area (Å²) in [6.07, 6.45) is 3.57. The first-order valence-electron chi connectivity index (χ1n) is 9.11. The molecule has 1 atom stereocenters. The van der Waals surface area contributed by atoms with Gasteiger partial charge in [-0.2, -0.15) is 0 Å². The van der Waals surface area contributed by atoms with Crippen molar-refractivity contribution in [2.45, 2.75) is 64.3 Å². The van der Waals surface area contributed by atoms with Crippen LogP contribution in [0.1, 0.15) is 58.4 Å². The van der Waals surface area contributed by atoms with E-state index in [2.05, 4.69) is 32.9 Å². The molecule has 5 nitrogen and oxygen atoms in total. The van der Waals surface area contributed by atoms with E-state index in [0.717, 1.165) is 18.6 Å². The molecule has 0 saturated carbocycles. The van der Waals surface area contributed by atoms with Crippen LogP contribution in [0, 0.1) is 0 Å². The Balaban J connectivity index is 1.77. The minimum atomic E-state index is -0.438. The summed E-state index contributed by atoms with van der Waals surface area (Å²) < 4.78 is 5.72. The molecule has 1 aromatic rings. The molecular formula is C20H30N2O3. The molecule has 0 spiro atoms. The van der Waals surface area contributed by atoms with Gasteiger partial charge in [0.1, 0.15) is 11.8 Å². The highest BCUT2D eigenvalue weighted by molar-refractivity contribution is 5.86. The third-order valence-corrected chi connectivity index (χ3v) is 4.68. The lowest BCUT2D eigenvalue weighted by Gasteiger charge is -2.33. The predicted molar refractivity (Wildman–Crippen MR) is 98.4 cm³/mol. The molecule has 1 unspecified atom stereocenters. The van der Waals surface area contributed by atoms with Crippen molar-refractivity contribution < 1.29 is 14.3 Å². The zero-order chi connectivity index (χ0) is 18.4. The number of nitrogens with zero attached hydrogens (tertiary/aromatic N) is 1. The summed E-state index contributed by atoms with van der Waals surface area (Å²) in [7, 11) is 0. The zero-order valence-electron chi connectivity index (χ0n) is 15.6. The second-order valence-electron chi connectivity index (χ2n) is 7.73. The number of likely N-dealkylation sites (tertiary alicyclic amines) is 1. The summed E-state index contributed by atoms with van der Waals surface area (Å²) >= 11 is 0. The summed E-state index contributed by atoms with van der Waals surface area (Å²) in [5, 5.41) is 0. The Morgan fingerprint density at radius 1 is 1.20 bits per heavy atom. The second kappa shape index (κ2) is 8.37. The van der Waals surface area contributed by atoms with Crippen LogP contribution in [0.2, 0.25) is 0 Å². The first-order chi connectivity index (χ1) is 11.8. The first kappa shape index (κ1) is 19.3. The average Bonchev–Trinajstić information content (AvgIpc) is 2.58. The smallest absolute Gasteiger partial charge is 0.240 e. The van der Waals surface area contributed by atoms with Crippen molar-refractivity contribution in [3.8, 4) is 5.75 Å². The molecule has 5 heteroatoms. The molecule has 1 aliphatic heterocycles.